The Bertz CT molecular complexity index is 287. The first-order valence-corrected chi connectivity index (χ1v) is 6.34. The van der Waals surface area contributed by atoms with Crippen molar-refractivity contribution in [2.75, 3.05) is 0 Å². The van der Waals surface area contributed by atoms with Crippen LogP contribution in [0.2, 0.25) is 0 Å². The molecule has 1 aliphatic rings. The van der Waals surface area contributed by atoms with Gasteiger partial charge in [-0.05, 0) is 40.0 Å². The summed E-state index contributed by atoms with van der Waals surface area (Å²) in [6.07, 6.45) is 2.20. The van der Waals surface area contributed by atoms with E-state index in [0.29, 0.717) is 19.3 Å². The molecule has 1 saturated heterocycles. The van der Waals surface area contributed by atoms with Crippen LogP contribution in [0, 0.1) is 5.92 Å². The quantitative estimate of drug-likeness (QED) is 0.795. The third-order valence-electron chi connectivity index (χ3n) is 3.83. The Morgan fingerprint density at radius 2 is 2.06 bits per heavy atom. The van der Waals surface area contributed by atoms with Gasteiger partial charge in [-0.25, -0.2) is 0 Å². The van der Waals surface area contributed by atoms with Gasteiger partial charge in [0.2, 0.25) is 0 Å². The zero-order valence-corrected chi connectivity index (χ0v) is 11.2. The molecule has 100 valence electrons. The van der Waals surface area contributed by atoms with Crippen LogP contribution in [0.3, 0.4) is 0 Å². The summed E-state index contributed by atoms with van der Waals surface area (Å²) in [6, 6.07) is 0. The number of hydrogen-bond acceptors (Lipinski definition) is 3. The highest BCUT2D eigenvalue weighted by Gasteiger charge is 2.49. The molecule has 3 atom stereocenters. The topological polar surface area (TPSA) is 66.8 Å². The number of rotatable bonds is 4. The predicted molar refractivity (Wildman–Crippen MR) is 64.8 cm³/mol. The van der Waals surface area contributed by atoms with Crippen molar-refractivity contribution in [1.29, 1.82) is 0 Å². The minimum Gasteiger partial charge on any atom is -0.481 e. The Hall–Kier alpha value is -0.610. The smallest absolute Gasteiger partial charge is 0.309 e. The van der Waals surface area contributed by atoms with Crippen molar-refractivity contribution in [1.82, 2.24) is 0 Å². The van der Waals surface area contributed by atoms with Gasteiger partial charge in [0.1, 0.15) is 0 Å². The van der Waals surface area contributed by atoms with Crippen LogP contribution in [0.1, 0.15) is 53.4 Å². The molecule has 0 bridgehead atoms. The molecule has 0 saturated carbocycles. The second kappa shape index (κ2) is 4.94. The summed E-state index contributed by atoms with van der Waals surface area (Å²) in [5, 5.41) is 19.3. The molecule has 4 heteroatoms. The molecule has 0 aromatic carbocycles. The van der Waals surface area contributed by atoms with Crippen LogP contribution < -0.4 is 0 Å². The van der Waals surface area contributed by atoms with Crippen LogP contribution in [-0.4, -0.2) is 33.5 Å². The molecule has 4 nitrogen and oxygen atoms in total. The van der Waals surface area contributed by atoms with Gasteiger partial charge in [0.05, 0.1) is 23.2 Å². The summed E-state index contributed by atoms with van der Waals surface area (Å²) in [5.74, 6) is -1.31. The zero-order chi connectivity index (χ0) is 13.3. The number of aliphatic hydroxyl groups excluding tert-OH is 1. The van der Waals surface area contributed by atoms with E-state index in [-0.39, 0.29) is 0 Å². The van der Waals surface area contributed by atoms with E-state index in [1.165, 1.54) is 0 Å². The highest BCUT2D eigenvalue weighted by molar-refractivity contribution is 5.71. The van der Waals surface area contributed by atoms with E-state index < -0.39 is 29.2 Å². The zero-order valence-electron chi connectivity index (χ0n) is 11.2. The second-order valence-electron chi connectivity index (χ2n) is 5.75. The maximum Gasteiger partial charge on any atom is 0.309 e. The molecular weight excluding hydrogens is 220 g/mol. The average Bonchev–Trinajstić information content (AvgIpc) is 2.15. The van der Waals surface area contributed by atoms with Crippen molar-refractivity contribution in [3.05, 3.63) is 0 Å². The first kappa shape index (κ1) is 14.5. The lowest BCUT2D eigenvalue weighted by Crippen LogP contribution is -2.56. The van der Waals surface area contributed by atoms with Crippen molar-refractivity contribution in [3.8, 4) is 0 Å². The average molecular weight is 244 g/mol. The largest absolute Gasteiger partial charge is 0.481 e. The summed E-state index contributed by atoms with van der Waals surface area (Å²) >= 11 is 0. The highest BCUT2D eigenvalue weighted by Crippen LogP contribution is 2.41. The van der Waals surface area contributed by atoms with E-state index in [0.717, 1.165) is 6.42 Å². The Balaban J connectivity index is 2.81. The van der Waals surface area contributed by atoms with Gasteiger partial charge in [-0.15, -0.1) is 0 Å². The number of ether oxygens (including phenoxy) is 1. The fraction of sp³-hybridized carbons (Fsp3) is 0.923. The molecule has 0 unspecified atom stereocenters. The number of carboxylic acid groups (broad SMARTS) is 1. The standard InChI is InChI=1S/C13H24O4/c1-5-6-10(14)13(4)8-7-9(11(15)16)12(2,3)17-13/h9-10,14H,5-8H2,1-4H3,(H,15,16)/t9-,10+,13+/m1/s1. The third-order valence-corrected chi connectivity index (χ3v) is 3.83. The van der Waals surface area contributed by atoms with Crippen molar-refractivity contribution in [2.45, 2.75) is 70.7 Å². The number of aliphatic carboxylic acids is 1. The van der Waals surface area contributed by atoms with Gasteiger partial charge in [0, 0.05) is 0 Å². The van der Waals surface area contributed by atoms with Crippen molar-refractivity contribution < 1.29 is 19.7 Å². The van der Waals surface area contributed by atoms with Crippen LogP contribution >= 0.6 is 0 Å². The van der Waals surface area contributed by atoms with Gasteiger partial charge < -0.3 is 14.9 Å². The summed E-state index contributed by atoms with van der Waals surface area (Å²) in [6.45, 7) is 7.48. The summed E-state index contributed by atoms with van der Waals surface area (Å²) in [5.41, 5.74) is -1.35. The van der Waals surface area contributed by atoms with Gasteiger partial charge in [-0.2, -0.15) is 0 Å². The van der Waals surface area contributed by atoms with Crippen LogP contribution in [0.5, 0.6) is 0 Å². The van der Waals surface area contributed by atoms with Gasteiger partial charge in [-0.1, -0.05) is 13.3 Å². The molecule has 1 aliphatic heterocycles. The van der Waals surface area contributed by atoms with Crippen LogP contribution in [0.4, 0.5) is 0 Å². The van der Waals surface area contributed by atoms with Crippen LogP contribution in [0.15, 0.2) is 0 Å². The fourth-order valence-electron chi connectivity index (χ4n) is 2.74. The first-order valence-electron chi connectivity index (χ1n) is 6.34. The van der Waals surface area contributed by atoms with Crippen LogP contribution in [-0.2, 0) is 9.53 Å². The molecule has 0 amide bonds. The molecule has 1 rings (SSSR count). The number of aliphatic hydroxyl groups is 1. The Morgan fingerprint density at radius 3 is 2.47 bits per heavy atom. The molecule has 2 N–H and O–H groups in total. The molecule has 1 heterocycles. The fourth-order valence-corrected chi connectivity index (χ4v) is 2.74. The van der Waals surface area contributed by atoms with Gasteiger partial charge in [0.25, 0.3) is 0 Å². The third kappa shape index (κ3) is 2.99. The van der Waals surface area contributed by atoms with E-state index in [2.05, 4.69) is 0 Å². The highest BCUT2D eigenvalue weighted by atomic mass is 16.5. The molecule has 0 spiro atoms. The predicted octanol–water partition coefficient (Wildman–Crippen LogP) is 2.20. The second-order valence-corrected chi connectivity index (χ2v) is 5.75. The lowest BCUT2D eigenvalue weighted by Gasteiger charge is -2.48. The van der Waals surface area contributed by atoms with E-state index >= 15 is 0 Å². The van der Waals surface area contributed by atoms with E-state index in [1.54, 1.807) is 13.8 Å². The maximum absolute atomic E-state index is 11.1. The lowest BCUT2D eigenvalue weighted by atomic mass is 9.76. The maximum atomic E-state index is 11.1. The monoisotopic (exact) mass is 244 g/mol. The SMILES string of the molecule is CCC[C@H](O)[C@]1(C)CC[C@H](C(=O)O)C(C)(C)O1. The van der Waals surface area contributed by atoms with E-state index in [1.807, 2.05) is 13.8 Å². The summed E-state index contributed by atoms with van der Waals surface area (Å²) in [7, 11) is 0. The summed E-state index contributed by atoms with van der Waals surface area (Å²) < 4.78 is 5.92. The Kier molecular flexibility index (Phi) is 4.20. The van der Waals surface area contributed by atoms with Crippen molar-refractivity contribution >= 4 is 5.97 Å². The van der Waals surface area contributed by atoms with Crippen molar-refractivity contribution in [3.63, 3.8) is 0 Å². The molecule has 1 fully saturated rings. The number of carbonyl (C=O) groups is 1. The minimum atomic E-state index is -0.818. The van der Waals surface area contributed by atoms with E-state index in [9.17, 15) is 9.90 Å². The molecular formula is C13H24O4. The van der Waals surface area contributed by atoms with Crippen LogP contribution in [0.25, 0.3) is 0 Å². The van der Waals surface area contributed by atoms with Gasteiger partial charge in [0.15, 0.2) is 0 Å². The lowest BCUT2D eigenvalue weighted by molar-refractivity contribution is -0.233. The normalized spacial score (nSPS) is 34.3. The number of hydrogen-bond donors (Lipinski definition) is 2. The Morgan fingerprint density at radius 1 is 1.47 bits per heavy atom. The molecule has 17 heavy (non-hydrogen) atoms. The Labute approximate surface area is 103 Å². The van der Waals surface area contributed by atoms with E-state index in [4.69, 9.17) is 9.84 Å². The molecule has 0 radical (unpaired) electrons. The minimum absolute atomic E-state index is 0.496. The van der Waals surface area contributed by atoms with Gasteiger partial charge in [-0.3, -0.25) is 4.79 Å². The summed E-state index contributed by atoms with van der Waals surface area (Å²) in [4.78, 5) is 11.1. The molecule has 0 aromatic rings. The van der Waals surface area contributed by atoms with Crippen molar-refractivity contribution in [2.24, 2.45) is 5.92 Å². The first-order chi connectivity index (χ1) is 7.73. The number of carboxylic acids is 1. The molecule has 0 aromatic heterocycles. The van der Waals surface area contributed by atoms with Gasteiger partial charge >= 0.3 is 5.97 Å². The molecule has 0 aliphatic carbocycles.